The van der Waals surface area contributed by atoms with Gasteiger partial charge in [-0.1, -0.05) is 57.2 Å². The maximum absolute atomic E-state index is 11.8. The summed E-state index contributed by atoms with van der Waals surface area (Å²) in [5.41, 5.74) is 2.52. The van der Waals surface area contributed by atoms with Crippen LogP contribution in [0.5, 0.6) is 0 Å². The summed E-state index contributed by atoms with van der Waals surface area (Å²) in [7, 11) is -3.74. The van der Waals surface area contributed by atoms with Gasteiger partial charge in [0.2, 0.25) is 10.0 Å². The van der Waals surface area contributed by atoms with E-state index in [2.05, 4.69) is 20.8 Å². The molecular weight excluding hydrogens is 270 g/mol. The number of primary sulfonamides is 1. The fourth-order valence-corrected chi connectivity index (χ4v) is 2.83. The molecule has 2 aromatic carbocycles. The van der Waals surface area contributed by atoms with E-state index in [1.165, 1.54) is 0 Å². The molecule has 0 aliphatic carbocycles. The second-order valence-electron chi connectivity index (χ2n) is 5.87. The third-order valence-corrected chi connectivity index (χ3v) is 4.21. The van der Waals surface area contributed by atoms with Crippen LogP contribution in [0.15, 0.2) is 53.4 Å². The molecule has 0 radical (unpaired) electrons. The van der Waals surface area contributed by atoms with Gasteiger partial charge in [0.1, 0.15) is 0 Å². The molecule has 0 aliphatic rings. The van der Waals surface area contributed by atoms with E-state index in [-0.39, 0.29) is 10.3 Å². The summed E-state index contributed by atoms with van der Waals surface area (Å²) in [4.78, 5) is 0.164. The van der Waals surface area contributed by atoms with Crippen LogP contribution in [0.3, 0.4) is 0 Å². The van der Waals surface area contributed by atoms with Crippen LogP contribution in [-0.2, 0) is 15.4 Å². The van der Waals surface area contributed by atoms with Crippen molar-refractivity contribution in [3.63, 3.8) is 0 Å². The van der Waals surface area contributed by atoms with Gasteiger partial charge in [0.25, 0.3) is 0 Å². The summed E-state index contributed by atoms with van der Waals surface area (Å²) in [6.07, 6.45) is 0. The highest BCUT2D eigenvalue weighted by Gasteiger charge is 2.20. The maximum atomic E-state index is 11.8. The predicted molar refractivity (Wildman–Crippen MR) is 82.0 cm³/mol. The fraction of sp³-hybridized carbons (Fsp3) is 0.250. The molecule has 0 saturated heterocycles. The molecule has 106 valence electrons. The molecule has 2 rings (SSSR count). The minimum Gasteiger partial charge on any atom is -0.225 e. The van der Waals surface area contributed by atoms with E-state index >= 15 is 0 Å². The highest BCUT2D eigenvalue weighted by Crippen LogP contribution is 2.32. The summed E-state index contributed by atoms with van der Waals surface area (Å²) in [5, 5.41) is 5.33. The topological polar surface area (TPSA) is 60.2 Å². The van der Waals surface area contributed by atoms with Crippen molar-refractivity contribution < 1.29 is 8.42 Å². The van der Waals surface area contributed by atoms with Crippen LogP contribution in [0.2, 0.25) is 0 Å². The molecule has 0 bridgehead atoms. The van der Waals surface area contributed by atoms with Crippen LogP contribution in [0.25, 0.3) is 11.1 Å². The van der Waals surface area contributed by atoms with Crippen molar-refractivity contribution in [3.05, 3.63) is 54.1 Å². The molecule has 3 nitrogen and oxygen atoms in total. The van der Waals surface area contributed by atoms with Gasteiger partial charge in [-0.15, -0.1) is 0 Å². The van der Waals surface area contributed by atoms with Crippen molar-refractivity contribution in [2.24, 2.45) is 5.14 Å². The Morgan fingerprint density at radius 1 is 0.950 bits per heavy atom. The second-order valence-corrected chi connectivity index (χ2v) is 7.40. The Labute approximate surface area is 120 Å². The first-order valence-corrected chi connectivity index (χ1v) is 7.97. The Bertz CT molecular complexity index is 714. The minimum atomic E-state index is -3.74. The predicted octanol–water partition coefficient (Wildman–Crippen LogP) is 3.30. The lowest BCUT2D eigenvalue weighted by Gasteiger charge is -2.21. The van der Waals surface area contributed by atoms with E-state index in [4.69, 9.17) is 5.14 Å². The van der Waals surface area contributed by atoms with E-state index in [0.717, 1.165) is 11.1 Å². The molecule has 0 atom stereocenters. The third kappa shape index (κ3) is 3.08. The van der Waals surface area contributed by atoms with Crippen molar-refractivity contribution in [1.82, 2.24) is 0 Å². The molecule has 0 saturated carbocycles. The molecular formula is C16H19NO2S. The van der Waals surface area contributed by atoms with Gasteiger partial charge in [0, 0.05) is 5.56 Å². The molecule has 0 fully saturated rings. The molecule has 0 aromatic heterocycles. The van der Waals surface area contributed by atoms with Gasteiger partial charge in [-0.25, -0.2) is 13.6 Å². The standard InChI is InChI=1S/C16H19NO2S/c1-16(2,3)13-9-10-15(20(17,18)19)14(11-13)12-7-5-4-6-8-12/h4-11H,1-3H3,(H2,17,18,19). The van der Waals surface area contributed by atoms with Crippen molar-refractivity contribution in [2.45, 2.75) is 31.1 Å². The number of rotatable bonds is 2. The molecule has 4 heteroatoms. The Morgan fingerprint density at radius 2 is 1.55 bits per heavy atom. The van der Waals surface area contributed by atoms with Crippen LogP contribution in [0.4, 0.5) is 0 Å². The van der Waals surface area contributed by atoms with Gasteiger partial charge in [-0.3, -0.25) is 0 Å². The second kappa shape index (κ2) is 5.04. The highest BCUT2D eigenvalue weighted by molar-refractivity contribution is 7.89. The summed E-state index contributed by atoms with van der Waals surface area (Å²) >= 11 is 0. The van der Waals surface area contributed by atoms with E-state index in [9.17, 15) is 8.42 Å². The first kappa shape index (κ1) is 14.8. The van der Waals surface area contributed by atoms with Crippen molar-refractivity contribution in [2.75, 3.05) is 0 Å². The van der Waals surface area contributed by atoms with Crippen LogP contribution in [0, 0.1) is 0 Å². The molecule has 20 heavy (non-hydrogen) atoms. The van der Waals surface area contributed by atoms with E-state index in [1.54, 1.807) is 6.07 Å². The summed E-state index contributed by atoms with van der Waals surface area (Å²) in [6, 6.07) is 14.8. The quantitative estimate of drug-likeness (QED) is 0.922. The van der Waals surface area contributed by atoms with Gasteiger partial charge in [0.15, 0.2) is 0 Å². The van der Waals surface area contributed by atoms with Crippen molar-refractivity contribution >= 4 is 10.0 Å². The molecule has 2 aromatic rings. The number of sulfonamides is 1. The Balaban J connectivity index is 2.74. The van der Waals surface area contributed by atoms with Gasteiger partial charge in [-0.2, -0.15) is 0 Å². The van der Waals surface area contributed by atoms with Crippen molar-refractivity contribution in [3.8, 4) is 11.1 Å². The molecule has 0 unspecified atom stereocenters. The smallest absolute Gasteiger partial charge is 0.225 e. The molecule has 0 spiro atoms. The highest BCUT2D eigenvalue weighted by atomic mass is 32.2. The maximum Gasteiger partial charge on any atom is 0.238 e. The van der Waals surface area contributed by atoms with E-state index < -0.39 is 10.0 Å². The van der Waals surface area contributed by atoms with Gasteiger partial charge < -0.3 is 0 Å². The molecule has 0 amide bonds. The normalized spacial score (nSPS) is 12.4. The number of hydrogen-bond acceptors (Lipinski definition) is 2. The Morgan fingerprint density at radius 3 is 2.05 bits per heavy atom. The average Bonchev–Trinajstić information content (AvgIpc) is 2.37. The van der Waals surface area contributed by atoms with Crippen LogP contribution in [-0.4, -0.2) is 8.42 Å². The fourth-order valence-electron chi connectivity index (χ4n) is 2.09. The third-order valence-electron chi connectivity index (χ3n) is 3.24. The number of benzene rings is 2. The monoisotopic (exact) mass is 289 g/mol. The minimum absolute atomic E-state index is 0.0551. The molecule has 2 N–H and O–H groups in total. The van der Waals surface area contributed by atoms with Crippen LogP contribution in [0.1, 0.15) is 26.3 Å². The summed E-state index contributed by atoms with van der Waals surface area (Å²) in [5.74, 6) is 0. The lowest BCUT2D eigenvalue weighted by atomic mass is 9.85. The Hall–Kier alpha value is -1.65. The number of nitrogens with two attached hydrogens (primary N) is 1. The Kier molecular flexibility index (Phi) is 3.71. The van der Waals surface area contributed by atoms with E-state index in [0.29, 0.717) is 5.56 Å². The SMILES string of the molecule is CC(C)(C)c1ccc(S(N)(=O)=O)c(-c2ccccc2)c1. The average molecular weight is 289 g/mol. The lowest BCUT2D eigenvalue weighted by molar-refractivity contribution is 0.587. The largest absolute Gasteiger partial charge is 0.238 e. The van der Waals surface area contributed by atoms with E-state index in [1.807, 2.05) is 42.5 Å². The van der Waals surface area contributed by atoms with Gasteiger partial charge >= 0.3 is 0 Å². The zero-order valence-electron chi connectivity index (χ0n) is 11.9. The zero-order valence-corrected chi connectivity index (χ0v) is 12.7. The van der Waals surface area contributed by atoms with Gasteiger partial charge in [-0.05, 0) is 28.7 Å². The van der Waals surface area contributed by atoms with Gasteiger partial charge in [0.05, 0.1) is 4.90 Å². The first-order valence-electron chi connectivity index (χ1n) is 6.42. The number of hydrogen-bond donors (Lipinski definition) is 1. The zero-order chi connectivity index (χ0) is 15.0. The molecule has 0 aliphatic heterocycles. The first-order chi connectivity index (χ1) is 9.19. The van der Waals surface area contributed by atoms with Crippen LogP contribution < -0.4 is 5.14 Å². The summed E-state index contributed by atoms with van der Waals surface area (Å²) in [6.45, 7) is 6.27. The summed E-state index contributed by atoms with van der Waals surface area (Å²) < 4.78 is 23.5. The van der Waals surface area contributed by atoms with Crippen molar-refractivity contribution in [1.29, 1.82) is 0 Å². The lowest BCUT2D eigenvalue weighted by Crippen LogP contribution is -2.16. The van der Waals surface area contributed by atoms with Crippen LogP contribution >= 0.6 is 0 Å². The molecule has 0 heterocycles.